The molecule has 0 aliphatic heterocycles. The van der Waals surface area contributed by atoms with Crippen molar-refractivity contribution in [3.05, 3.63) is 60.2 Å². The summed E-state index contributed by atoms with van der Waals surface area (Å²) in [6.45, 7) is 6.10. The Morgan fingerprint density at radius 2 is 1.31 bits per heavy atom. The standard InChI is InChI=1S/C13H13N.C2H6/c1-11-7-5-6-10-13(11)14-12-8-3-2-4-9-12;1-2/h2-10,14H,1H3;1-2H3. The summed E-state index contributed by atoms with van der Waals surface area (Å²) in [6, 6.07) is 18.5. The number of hydrogen-bond acceptors (Lipinski definition) is 1. The molecule has 0 spiro atoms. The van der Waals surface area contributed by atoms with Crippen LogP contribution in [0, 0.1) is 6.92 Å². The van der Waals surface area contributed by atoms with Gasteiger partial charge in [0.05, 0.1) is 0 Å². The second-order valence-corrected chi connectivity index (χ2v) is 3.31. The average molecular weight is 213 g/mol. The Kier molecular flexibility index (Phi) is 5.13. The maximum absolute atomic E-state index is 3.37. The number of nitrogens with one attached hydrogen (secondary N) is 1. The van der Waals surface area contributed by atoms with Crippen molar-refractivity contribution in [1.29, 1.82) is 0 Å². The molecule has 0 amide bonds. The highest BCUT2D eigenvalue weighted by Crippen LogP contribution is 2.19. The van der Waals surface area contributed by atoms with Gasteiger partial charge in [0.2, 0.25) is 0 Å². The van der Waals surface area contributed by atoms with Crippen molar-refractivity contribution in [2.75, 3.05) is 5.32 Å². The predicted octanol–water partition coefficient (Wildman–Crippen LogP) is 4.76. The lowest BCUT2D eigenvalue weighted by Crippen LogP contribution is -1.91. The van der Waals surface area contributed by atoms with Gasteiger partial charge in [-0.25, -0.2) is 0 Å². The Balaban J connectivity index is 0.000000606. The monoisotopic (exact) mass is 213 g/mol. The minimum Gasteiger partial charge on any atom is -0.355 e. The van der Waals surface area contributed by atoms with E-state index >= 15 is 0 Å². The second-order valence-electron chi connectivity index (χ2n) is 3.31. The molecule has 0 atom stereocenters. The topological polar surface area (TPSA) is 12.0 Å². The highest BCUT2D eigenvalue weighted by molar-refractivity contribution is 5.62. The van der Waals surface area contributed by atoms with Crippen molar-refractivity contribution < 1.29 is 0 Å². The Morgan fingerprint density at radius 1 is 0.750 bits per heavy atom. The largest absolute Gasteiger partial charge is 0.355 e. The fourth-order valence-electron chi connectivity index (χ4n) is 1.39. The molecule has 0 aliphatic rings. The van der Waals surface area contributed by atoms with E-state index in [0.29, 0.717) is 0 Å². The van der Waals surface area contributed by atoms with Crippen molar-refractivity contribution >= 4 is 11.4 Å². The normalized spacial score (nSPS) is 8.94. The maximum atomic E-state index is 3.37. The molecule has 1 N–H and O–H groups in total. The highest BCUT2D eigenvalue weighted by atomic mass is 14.9. The van der Waals surface area contributed by atoms with E-state index in [9.17, 15) is 0 Å². The molecule has 84 valence electrons. The summed E-state index contributed by atoms with van der Waals surface area (Å²) >= 11 is 0. The van der Waals surface area contributed by atoms with E-state index in [2.05, 4.69) is 36.5 Å². The van der Waals surface area contributed by atoms with Gasteiger partial charge in [-0.15, -0.1) is 0 Å². The third kappa shape index (κ3) is 3.43. The first kappa shape index (κ1) is 12.3. The summed E-state index contributed by atoms with van der Waals surface area (Å²) < 4.78 is 0. The summed E-state index contributed by atoms with van der Waals surface area (Å²) in [7, 11) is 0. The third-order valence-electron chi connectivity index (χ3n) is 2.20. The molecule has 0 radical (unpaired) electrons. The Labute approximate surface area is 98.1 Å². The SMILES string of the molecule is CC.Cc1ccccc1Nc1ccccc1. The molecule has 0 saturated carbocycles. The van der Waals surface area contributed by atoms with Crippen LogP contribution < -0.4 is 5.32 Å². The minimum atomic E-state index is 1.13. The molecule has 16 heavy (non-hydrogen) atoms. The van der Waals surface area contributed by atoms with E-state index in [1.165, 1.54) is 11.3 Å². The van der Waals surface area contributed by atoms with Crippen LogP contribution in [0.3, 0.4) is 0 Å². The quantitative estimate of drug-likeness (QED) is 0.758. The summed E-state index contributed by atoms with van der Waals surface area (Å²) in [6.07, 6.45) is 0. The molecule has 2 rings (SSSR count). The zero-order valence-electron chi connectivity index (χ0n) is 10.2. The van der Waals surface area contributed by atoms with E-state index in [1.807, 2.05) is 44.2 Å². The van der Waals surface area contributed by atoms with E-state index in [-0.39, 0.29) is 0 Å². The number of anilines is 2. The van der Waals surface area contributed by atoms with Crippen LogP contribution in [0.15, 0.2) is 54.6 Å². The smallest absolute Gasteiger partial charge is 0.0413 e. The predicted molar refractivity (Wildman–Crippen MR) is 72.3 cm³/mol. The van der Waals surface area contributed by atoms with Gasteiger partial charge < -0.3 is 5.32 Å². The molecule has 0 aliphatic carbocycles. The summed E-state index contributed by atoms with van der Waals surface area (Å²) in [5.41, 5.74) is 3.55. The lowest BCUT2D eigenvalue weighted by molar-refractivity contribution is 1.43. The third-order valence-corrected chi connectivity index (χ3v) is 2.20. The van der Waals surface area contributed by atoms with Crippen LogP contribution in [0.1, 0.15) is 19.4 Å². The van der Waals surface area contributed by atoms with Crippen LogP contribution in [0.4, 0.5) is 11.4 Å². The molecule has 1 nitrogen and oxygen atoms in total. The van der Waals surface area contributed by atoms with Crippen LogP contribution >= 0.6 is 0 Å². The molecule has 1 heteroatoms. The Hall–Kier alpha value is -1.76. The molecule has 0 saturated heterocycles. The van der Waals surface area contributed by atoms with Crippen LogP contribution in [0.25, 0.3) is 0 Å². The molecule has 0 fully saturated rings. The molecule has 0 aromatic heterocycles. The first-order valence-corrected chi connectivity index (χ1v) is 5.74. The zero-order chi connectivity index (χ0) is 11.8. The van der Waals surface area contributed by atoms with E-state index < -0.39 is 0 Å². The number of rotatable bonds is 2. The van der Waals surface area contributed by atoms with Crippen molar-refractivity contribution in [2.24, 2.45) is 0 Å². The van der Waals surface area contributed by atoms with Gasteiger partial charge in [0.1, 0.15) is 0 Å². The van der Waals surface area contributed by atoms with Crippen LogP contribution in [-0.2, 0) is 0 Å². The molecule has 0 unspecified atom stereocenters. The first-order valence-electron chi connectivity index (χ1n) is 5.74. The molecule has 0 heterocycles. The Bertz CT molecular complexity index is 407. The average Bonchev–Trinajstić information content (AvgIpc) is 2.36. The summed E-state index contributed by atoms with van der Waals surface area (Å²) in [5, 5.41) is 3.37. The maximum Gasteiger partial charge on any atom is 0.0413 e. The van der Waals surface area contributed by atoms with Gasteiger partial charge in [-0.3, -0.25) is 0 Å². The van der Waals surface area contributed by atoms with Crippen LogP contribution in [0.2, 0.25) is 0 Å². The lowest BCUT2D eigenvalue weighted by Gasteiger charge is -2.08. The van der Waals surface area contributed by atoms with Crippen molar-refractivity contribution in [1.82, 2.24) is 0 Å². The van der Waals surface area contributed by atoms with Gasteiger partial charge >= 0.3 is 0 Å². The van der Waals surface area contributed by atoms with Gasteiger partial charge in [0, 0.05) is 11.4 Å². The molecular weight excluding hydrogens is 194 g/mol. The van der Waals surface area contributed by atoms with Gasteiger partial charge in [-0.2, -0.15) is 0 Å². The lowest BCUT2D eigenvalue weighted by atomic mass is 10.2. The van der Waals surface area contributed by atoms with Crippen molar-refractivity contribution in [2.45, 2.75) is 20.8 Å². The van der Waals surface area contributed by atoms with Gasteiger partial charge in [-0.05, 0) is 30.7 Å². The number of benzene rings is 2. The fraction of sp³-hybridized carbons (Fsp3) is 0.200. The van der Waals surface area contributed by atoms with Crippen molar-refractivity contribution in [3.8, 4) is 0 Å². The second kappa shape index (κ2) is 6.67. The minimum absolute atomic E-state index is 1.13. The summed E-state index contributed by atoms with van der Waals surface area (Å²) in [5.74, 6) is 0. The van der Waals surface area contributed by atoms with Gasteiger partial charge in [-0.1, -0.05) is 50.2 Å². The van der Waals surface area contributed by atoms with Crippen LogP contribution in [-0.4, -0.2) is 0 Å². The molecule has 2 aromatic carbocycles. The number of hydrogen-bond donors (Lipinski definition) is 1. The molecule has 2 aromatic rings. The Morgan fingerprint density at radius 3 is 1.94 bits per heavy atom. The molecular formula is C15H19N. The first-order chi connectivity index (χ1) is 7.86. The van der Waals surface area contributed by atoms with E-state index in [0.717, 1.165) is 5.69 Å². The van der Waals surface area contributed by atoms with E-state index in [1.54, 1.807) is 0 Å². The number of para-hydroxylation sites is 2. The van der Waals surface area contributed by atoms with Gasteiger partial charge in [0.25, 0.3) is 0 Å². The fourth-order valence-corrected chi connectivity index (χ4v) is 1.39. The van der Waals surface area contributed by atoms with Crippen LogP contribution in [0.5, 0.6) is 0 Å². The highest BCUT2D eigenvalue weighted by Gasteiger charge is 1.95. The molecule has 0 bridgehead atoms. The van der Waals surface area contributed by atoms with Crippen molar-refractivity contribution in [3.63, 3.8) is 0 Å². The zero-order valence-corrected chi connectivity index (χ0v) is 10.2. The van der Waals surface area contributed by atoms with Gasteiger partial charge in [0.15, 0.2) is 0 Å². The van der Waals surface area contributed by atoms with E-state index in [4.69, 9.17) is 0 Å². The summed E-state index contributed by atoms with van der Waals surface area (Å²) in [4.78, 5) is 0. The number of aryl methyl sites for hydroxylation is 1.